The fourth-order valence-corrected chi connectivity index (χ4v) is 2.17. The second-order valence-electron chi connectivity index (χ2n) is 4.69. The average molecular weight is 183 g/mol. The normalized spacial score (nSPS) is 18.9. The quantitative estimate of drug-likeness (QED) is 0.569. The van der Waals surface area contributed by atoms with Crippen LogP contribution in [0.3, 0.4) is 0 Å². The standard InChI is InChI=1S/C12H25N/c1-3-4-5-6-7-8-12(9-10-12)11-13-2/h13H,3-11H2,1-2H3. The molecule has 1 heteroatoms. The van der Waals surface area contributed by atoms with Gasteiger partial charge in [-0.1, -0.05) is 39.0 Å². The van der Waals surface area contributed by atoms with Gasteiger partial charge in [-0.25, -0.2) is 0 Å². The molecule has 1 saturated carbocycles. The van der Waals surface area contributed by atoms with Crippen molar-refractivity contribution in [3.63, 3.8) is 0 Å². The predicted octanol–water partition coefficient (Wildman–Crippen LogP) is 3.35. The summed E-state index contributed by atoms with van der Waals surface area (Å²) in [7, 11) is 2.08. The summed E-state index contributed by atoms with van der Waals surface area (Å²) in [5.41, 5.74) is 0.737. The first kappa shape index (κ1) is 11.0. The van der Waals surface area contributed by atoms with Crippen LogP contribution in [-0.2, 0) is 0 Å². The molecule has 1 aliphatic rings. The summed E-state index contributed by atoms with van der Waals surface area (Å²) in [4.78, 5) is 0. The van der Waals surface area contributed by atoms with Crippen molar-refractivity contribution in [1.82, 2.24) is 5.32 Å². The topological polar surface area (TPSA) is 12.0 Å². The van der Waals surface area contributed by atoms with Crippen LogP contribution in [0.15, 0.2) is 0 Å². The Bertz CT molecular complexity index is 127. The van der Waals surface area contributed by atoms with Crippen LogP contribution in [0.1, 0.15) is 58.3 Å². The van der Waals surface area contributed by atoms with Crippen molar-refractivity contribution in [3.8, 4) is 0 Å². The number of hydrogen-bond donors (Lipinski definition) is 1. The molecule has 0 spiro atoms. The van der Waals surface area contributed by atoms with Crippen molar-refractivity contribution >= 4 is 0 Å². The van der Waals surface area contributed by atoms with E-state index < -0.39 is 0 Å². The fraction of sp³-hybridized carbons (Fsp3) is 1.00. The highest BCUT2D eigenvalue weighted by Gasteiger charge is 2.40. The fourth-order valence-electron chi connectivity index (χ4n) is 2.17. The zero-order chi connectivity index (χ0) is 9.57. The van der Waals surface area contributed by atoms with Crippen LogP contribution in [0, 0.1) is 5.41 Å². The Labute approximate surface area is 83.3 Å². The monoisotopic (exact) mass is 183 g/mol. The van der Waals surface area contributed by atoms with Crippen LogP contribution in [0.25, 0.3) is 0 Å². The van der Waals surface area contributed by atoms with Gasteiger partial charge in [-0.3, -0.25) is 0 Å². The van der Waals surface area contributed by atoms with E-state index in [1.54, 1.807) is 0 Å². The summed E-state index contributed by atoms with van der Waals surface area (Å²) in [5.74, 6) is 0. The lowest BCUT2D eigenvalue weighted by atomic mass is 9.98. The van der Waals surface area contributed by atoms with Gasteiger partial charge in [0.1, 0.15) is 0 Å². The molecular formula is C12H25N. The molecule has 13 heavy (non-hydrogen) atoms. The Hall–Kier alpha value is -0.0400. The third-order valence-corrected chi connectivity index (χ3v) is 3.32. The predicted molar refractivity (Wildman–Crippen MR) is 59.0 cm³/mol. The Kier molecular flexibility index (Phi) is 4.79. The Morgan fingerprint density at radius 1 is 1.08 bits per heavy atom. The van der Waals surface area contributed by atoms with E-state index in [0.717, 1.165) is 5.41 Å². The van der Waals surface area contributed by atoms with Crippen molar-refractivity contribution in [2.75, 3.05) is 13.6 Å². The van der Waals surface area contributed by atoms with Gasteiger partial charge in [0.25, 0.3) is 0 Å². The minimum absolute atomic E-state index is 0.737. The third kappa shape index (κ3) is 4.12. The number of unbranched alkanes of at least 4 members (excludes halogenated alkanes) is 4. The first-order valence-corrected chi connectivity index (χ1v) is 5.97. The second kappa shape index (κ2) is 5.64. The van der Waals surface area contributed by atoms with Crippen molar-refractivity contribution in [2.45, 2.75) is 58.3 Å². The Morgan fingerprint density at radius 2 is 1.77 bits per heavy atom. The molecule has 1 fully saturated rings. The van der Waals surface area contributed by atoms with Crippen molar-refractivity contribution in [1.29, 1.82) is 0 Å². The van der Waals surface area contributed by atoms with E-state index in [1.807, 2.05) is 0 Å². The molecule has 0 radical (unpaired) electrons. The maximum Gasteiger partial charge on any atom is 0.000481 e. The van der Waals surface area contributed by atoms with E-state index >= 15 is 0 Å². The average Bonchev–Trinajstić information content (AvgIpc) is 2.86. The van der Waals surface area contributed by atoms with E-state index in [4.69, 9.17) is 0 Å². The molecule has 1 nitrogen and oxygen atoms in total. The lowest BCUT2D eigenvalue weighted by Gasteiger charge is -2.13. The van der Waals surface area contributed by atoms with Gasteiger partial charge in [0.2, 0.25) is 0 Å². The highest BCUT2D eigenvalue weighted by molar-refractivity contribution is 4.94. The summed E-state index contributed by atoms with van der Waals surface area (Å²) >= 11 is 0. The second-order valence-corrected chi connectivity index (χ2v) is 4.69. The molecule has 0 unspecified atom stereocenters. The molecule has 1 N–H and O–H groups in total. The van der Waals surface area contributed by atoms with Crippen LogP contribution < -0.4 is 5.32 Å². The SMILES string of the molecule is CCCCCCCC1(CNC)CC1. The largest absolute Gasteiger partial charge is 0.319 e. The first-order valence-electron chi connectivity index (χ1n) is 5.97. The van der Waals surface area contributed by atoms with Crippen molar-refractivity contribution in [3.05, 3.63) is 0 Å². The van der Waals surface area contributed by atoms with E-state index in [0.29, 0.717) is 0 Å². The zero-order valence-corrected chi connectivity index (χ0v) is 9.36. The lowest BCUT2D eigenvalue weighted by Crippen LogP contribution is -2.19. The molecule has 0 aromatic carbocycles. The van der Waals surface area contributed by atoms with E-state index in [9.17, 15) is 0 Å². The van der Waals surface area contributed by atoms with Crippen LogP contribution in [-0.4, -0.2) is 13.6 Å². The minimum Gasteiger partial charge on any atom is -0.319 e. The van der Waals surface area contributed by atoms with E-state index in [2.05, 4.69) is 19.3 Å². The molecule has 1 rings (SSSR count). The highest BCUT2D eigenvalue weighted by Crippen LogP contribution is 2.49. The summed E-state index contributed by atoms with van der Waals surface area (Å²) in [5, 5.41) is 3.32. The molecule has 0 aromatic heterocycles. The summed E-state index contributed by atoms with van der Waals surface area (Å²) in [6.45, 7) is 3.53. The maximum absolute atomic E-state index is 3.32. The molecule has 1 aliphatic carbocycles. The molecule has 78 valence electrons. The number of rotatable bonds is 8. The molecule has 0 bridgehead atoms. The summed E-state index contributed by atoms with van der Waals surface area (Å²) < 4.78 is 0. The molecule has 0 atom stereocenters. The molecule has 0 aromatic rings. The highest BCUT2D eigenvalue weighted by atomic mass is 14.8. The third-order valence-electron chi connectivity index (χ3n) is 3.32. The summed E-state index contributed by atoms with van der Waals surface area (Å²) in [6, 6.07) is 0. The number of nitrogens with one attached hydrogen (secondary N) is 1. The zero-order valence-electron chi connectivity index (χ0n) is 9.36. The van der Waals surface area contributed by atoms with E-state index in [-0.39, 0.29) is 0 Å². The molecular weight excluding hydrogens is 158 g/mol. The summed E-state index contributed by atoms with van der Waals surface area (Å²) in [6.07, 6.45) is 11.6. The first-order chi connectivity index (χ1) is 6.33. The van der Waals surface area contributed by atoms with Crippen molar-refractivity contribution < 1.29 is 0 Å². The molecule has 0 saturated heterocycles. The molecule has 0 amide bonds. The smallest absolute Gasteiger partial charge is 0.000481 e. The minimum atomic E-state index is 0.737. The Balaban J connectivity index is 1.93. The van der Waals surface area contributed by atoms with Crippen LogP contribution in [0.2, 0.25) is 0 Å². The van der Waals surface area contributed by atoms with Gasteiger partial charge < -0.3 is 5.32 Å². The van der Waals surface area contributed by atoms with Gasteiger partial charge in [0.05, 0.1) is 0 Å². The van der Waals surface area contributed by atoms with Crippen LogP contribution in [0.5, 0.6) is 0 Å². The maximum atomic E-state index is 3.32. The number of hydrogen-bond acceptors (Lipinski definition) is 1. The van der Waals surface area contributed by atoms with Crippen molar-refractivity contribution in [2.24, 2.45) is 5.41 Å². The van der Waals surface area contributed by atoms with E-state index in [1.165, 1.54) is 57.9 Å². The lowest BCUT2D eigenvalue weighted by molar-refractivity contribution is 0.417. The van der Waals surface area contributed by atoms with Gasteiger partial charge in [0.15, 0.2) is 0 Å². The van der Waals surface area contributed by atoms with Gasteiger partial charge in [0, 0.05) is 6.54 Å². The van der Waals surface area contributed by atoms with Crippen LogP contribution >= 0.6 is 0 Å². The molecule has 0 heterocycles. The van der Waals surface area contributed by atoms with Gasteiger partial charge >= 0.3 is 0 Å². The Morgan fingerprint density at radius 3 is 2.31 bits per heavy atom. The van der Waals surface area contributed by atoms with Crippen LogP contribution in [0.4, 0.5) is 0 Å². The van der Waals surface area contributed by atoms with Gasteiger partial charge in [-0.2, -0.15) is 0 Å². The van der Waals surface area contributed by atoms with Gasteiger partial charge in [-0.15, -0.1) is 0 Å². The van der Waals surface area contributed by atoms with Gasteiger partial charge in [-0.05, 0) is 31.7 Å². The molecule has 0 aliphatic heterocycles.